The van der Waals surface area contributed by atoms with Crippen LogP contribution in [0, 0.1) is 0 Å². The Kier molecular flexibility index (Phi) is 4.69. The van der Waals surface area contributed by atoms with Crippen molar-refractivity contribution in [2.24, 2.45) is 0 Å². The van der Waals surface area contributed by atoms with Gasteiger partial charge in [0.25, 0.3) is 0 Å². The Morgan fingerprint density at radius 1 is 1.18 bits per heavy atom. The Balaban J connectivity index is 1.58. The van der Waals surface area contributed by atoms with E-state index in [1.54, 1.807) is 0 Å². The third kappa shape index (κ3) is 3.44. The van der Waals surface area contributed by atoms with Crippen molar-refractivity contribution in [2.75, 3.05) is 19.0 Å². The molecule has 2 atom stereocenters. The molecule has 3 rings (SSSR count). The number of rotatable bonds is 5. The summed E-state index contributed by atoms with van der Waals surface area (Å²) in [6.07, 6.45) is 7.38. The largest absolute Gasteiger partial charge is 0.357 e. The van der Waals surface area contributed by atoms with Crippen LogP contribution < -0.4 is 10.2 Å². The molecule has 2 bridgehead atoms. The molecule has 2 unspecified atom stereocenters. The normalized spacial score (nSPS) is 27.6. The number of anilines is 1. The summed E-state index contributed by atoms with van der Waals surface area (Å²) in [4.78, 5) is 9.36. The predicted octanol–water partition coefficient (Wildman–Crippen LogP) is 2.64. The number of hydrogen-bond donors (Lipinski definition) is 1. The lowest BCUT2D eigenvalue weighted by Gasteiger charge is -2.35. The van der Waals surface area contributed by atoms with Gasteiger partial charge in [0.1, 0.15) is 5.82 Å². The Morgan fingerprint density at radius 3 is 2.41 bits per heavy atom. The van der Waals surface area contributed by atoms with Crippen LogP contribution in [0.2, 0.25) is 0 Å². The van der Waals surface area contributed by atoms with Gasteiger partial charge in [0.15, 0.2) is 0 Å². The highest BCUT2D eigenvalue weighted by Gasteiger charge is 2.34. The molecule has 0 amide bonds. The number of nitrogens with one attached hydrogen (secondary N) is 1. The molecule has 2 saturated heterocycles. The van der Waals surface area contributed by atoms with Gasteiger partial charge in [-0.25, -0.2) is 4.98 Å². The maximum atomic E-state index is 4.63. The molecule has 1 aromatic rings. The average molecular weight is 302 g/mol. The standard InChI is InChI=1S/C18H30N4/c1-13(2)22(4)18-8-5-14(11-19-18)12-21(3)17-9-15-6-7-16(10-17)20-15/h5,8,11,13,15-17,20H,6-7,9-10,12H2,1-4H3. The van der Waals surface area contributed by atoms with Crippen molar-refractivity contribution < 1.29 is 0 Å². The highest BCUT2D eigenvalue weighted by atomic mass is 15.2. The first-order valence-corrected chi connectivity index (χ1v) is 8.67. The van der Waals surface area contributed by atoms with Crippen LogP contribution in [-0.2, 0) is 6.54 Å². The first-order chi connectivity index (χ1) is 10.5. The van der Waals surface area contributed by atoms with Gasteiger partial charge in [0, 0.05) is 44.0 Å². The molecule has 2 aliphatic rings. The smallest absolute Gasteiger partial charge is 0.128 e. The van der Waals surface area contributed by atoms with E-state index >= 15 is 0 Å². The Morgan fingerprint density at radius 2 is 1.86 bits per heavy atom. The van der Waals surface area contributed by atoms with Gasteiger partial charge in [-0.1, -0.05) is 6.07 Å². The molecular formula is C18H30N4. The minimum absolute atomic E-state index is 0.478. The van der Waals surface area contributed by atoms with Crippen LogP contribution in [0.3, 0.4) is 0 Å². The first kappa shape index (κ1) is 15.8. The molecule has 4 heteroatoms. The van der Waals surface area contributed by atoms with E-state index in [9.17, 15) is 0 Å². The van der Waals surface area contributed by atoms with Crippen molar-refractivity contribution in [3.05, 3.63) is 23.9 Å². The van der Waals surface area contributed by atoms with Crippen LogP contribution in [0.5, 0.6) is 0 Å². The molecule has 3 heterocycles. The SMILES string of the molecule is CC(C)N(C)c1ccc(CN(C)C2CC3CCC(C2)N3)cn1. The zero-order chi connectivity index (χ0) is 15.7. The summed E-state index contributed by atoms with van der Waals surface area (Å²) >= 11 is 0. The van der Waals surface area contributed by atoms with Crippen molar-refractivity contribution >= 4 is 5.82 Å². The minimum atomic E-state index is 0.478. The summed E-state index contributed by atoms with van der Waals surface area (Å²) in [5.41, 5.74) is 1.31. The zero-order valence-corrected chi connectivity index (χ0v) is 14.4. The second kappa shape index (κ2) is 6.55. The van der Waals surface area contributed by atoms with Crippen molar-refractivity contribution in [1.29, 1.82) is 0 Å². The quantitative estimate of drug-likeness (QED) is 0.906. The zero-order valence-electron chi connectivity index (χ0n) is 14.4. The molecular weight excluding hydrogens is 272 g/mol. The number of nitrogens with zero attached hydrogens (tertiary/aromatic N) is 3. The van der Waals surface area contributed by atoms with E-state index in [2.05, 4.69) is 60.2 Å². The molecule has 0 aliphatic carbocycles. The minimum Gasteiger partial charge on any atom is -0.357 e. The third-order valence-electron chi connectivity index (χ3n) is 5.45. The van der Waals surface area contributed by atoms with E-state index < -0.39 is 0 Å². The Bertz CT molecular complexity index is 472. The summed E-state index contributed by atoms with van der Waals surface area (Å²) in [5, 5.41) is 3.72. The van der Waals surface area contributed by atoms with Crippen LogP contribution >= 0.6 is 0 Å². The van der Waals surface area contributed by atoms with Gasteiger partial charge in [-0.05, 0) is 58.2 Å². The first-order valence-electron chi connectivity index (χ1n) is 8.67. The van der Waals surface area contributed by atoms with Gasteiger partial charge < -0.3 is 10.2 Å². The van der Waals surface area contributed by atoms with Crippen LogP contribution in [-0.4, -0.2) is 48.1 Å². The lowest BCUT2D eigenvalue weighted by molar-refractivity contribution is 0.166. The lowest BCUT2D eigenvalue weighted by atomic mass is 9.98. The lowest BCUT2D eigenvalue weighted by Crippen LogP contribution is -2.46. The molecule has 0 radical (unpaired) electrons. The molecule has 2 fully saturated rings. The summed E-state index contributed by atoms with van der Waals surface area (Å²) < 4.78 is 0. The third-order valence-corrected chi connectivity index (χ3v) is 5.45. The van der Waals surface area contributed by atoms with Crippen molar-refractivity contribution in [3.8, 4) is 0 Å². The monoisotopic (exact) mass is 302 g/mol. The molecule has 2 aliphatic heterocycles. The average Bonchev–Trinajstić information content (AvgIpc) is 2.85. The molecule has 22 heavy (non-hydrogen) atoms. The predicted molar refractivity (Wildman–Crippen MR) is 92.2 cm³/mol. The summed E-state index contributed by atoms with van der Waals surface area (Å²) in [6.45, 7) is 5.38. The molecule has 4 nitrogen and oxygen atoms in total. The van der Waals surface area contributed by atoms with Gasteiger partial charge in [-0.3, -0.25) is 4.90 Å². The Hall–Kier alpha value is -1.13. The summed E-state index contributed by atoms with van der Waals surface area (Å²) in [5.74, 6) is 1.06. The molecule has 1 aromatic heterocycles. The fourth-order valence-corrected chi connectivity index (χ4v) is 3.79. The summed E-state index contributed by atoms with van der Waals surface area (Å²) in [6, 6.07) is 7.09. The van der Waals surface area contributed by atoms with Crippen LogP contribution in [0.1, 0.15) is 45.1 Å². The topological polar surface area (TPSA) is 31.4 Å². The molecule has 0 spiro atoms. The fraction of sp³-hybridized carbons (Fsp3) is 0.722. The van der Waals surface area contributed by atoms with Gasteiger partial charge in [-0.2, -0.15) is 0 Å². The van der Waals surface area contributed by atoms with E-state index in [1.165, 1.54) is 31.2 Å². The second-order valence-electron chi connectivity index (χ2n) is 7.41. The number of hydrogen-bond acceptors (Lipinski definition) is 4. The number of piperidine rings is 1. The van der Waals surface area contributed by atoms with Gasteiger partial charge in [0.2, 0.25) is 0 Å². The number of pyridine rings is 1. The van der Waals surface area contributed by atoms with Crippen molar-refractivity contribution in [2.45, 2.75) is 70.2 Å². The molecule has 1 N–H and O–H groups in total. The van der Waals surface area contributed by atoms with Crippen LogP contribution in [0.15, 0.2) is 18.3 Å². The maximum Gasteiger partial charge on any atom is 0.128 e. The second-order valence-corrected chi connectivity index (χ2v) is 7.41. The van der Waals surface area contributed by atoms with E-state index in [0.29, 0.717) is 6.04 Å². The van der Waals surface area contributed by atoms with Crippen LogP contribution in [0.4, 0.5) is 5.82 Å². The van der Waals surface area contributed by atoms with Gasteiger partial charge in [0.05, 0.1) is 0 Å². The van der Waals surface area contributed by atoms with Gasteiger partial charge >= 0.3 is 0 Å². The fourth-order valence-electron chi connectivity index (χ4n) is 3.79. The summed E-state index contributed by atoms with van der Waals surface area (Å²) in [7, 11) is 4.37. The highest BCUT2D eigenvalue weighted by molar-refractivity contribution is 5.39. The highest BCUT2D eigenvalue weighted by Crippen LogP contribution is 2.29. The molecule has 0 aromatic carbocycles. The van der Waals surface area contributed by atoms with Crippen molar-refractivity contribution in [1.82, 2.24) is 15.2 Å². The van der Waals surface area contributed by atoms with E-state index in [0.717, 1.165) is 30.5 Å². The maximum absolute atomic E-state index is 4.63. The molecule has 0 saturated carbocycles. The van der Waals surface area contributed by atoms with E-state index in [-0.39, 0.29) is 0 Å². The van der Waals surface area contributed by atoms with E-state index in [1.807, 2.05) is 6.20 Å². The van der Waals surface area contributed by atoms with Crippen LogP contribution in [0.25, 0.3) is 0 Å². The van der Waals surface area contributed by atoms with Crippen molar-refractivity contribution in [3.63, 3.8) is 0 Å². The number of aromatic nitrogens is 1. The van der Waals surface area contributed by atoms with Gasteiger partial charge in [-0.15, -0.1) is 0 Å². The number of fused-ring (bicyclic) bond motifs is 2. The molecule has 122 valence electrons. The van der Waals surface area contributed by atoms with E-state index in [4.69, 9.17) is 0 Å². The Labute approximate surface area is 134 Å².